The quantitative estimate of drug-likeness (QED) is 0.510. The predicted molar refractivity (Wildman–Crippen MR) is 77.8 cm³/mol. The molecule has 7 heteroatoms. The maximum Gasteiger partial charge on any atom is 0.231 e. The normalized spacial score (nSPS) is 12.8. The highest BCUT2D eigenvalue weighted by Gasteiger charge is 2.15. The molecule has 2 heterocycles. The van der Waals surface area contributed by atoms with Crippen LogP contribution in [0.1, 0.15) is 5.76 Å². The molecule has 0 amide bonds. The maximum absolute atomic E-state index is 5.64. The lowest BCUT2D eigenvalue weighted by molar-refractivity contribution is 0.174. The summed E-state index contributed by atoms with van der Waals surface area (Å²) in [6.45, 7) is 0.250. The molecule has 0 atom stereocenters. The van der Waals surface area contributed by atoms with E-state index in [1.807, 2.05) is 24.3 Å². The van der Waals surface area contributed by atoms with Crippen LogP contribution in [0.5, 0.6) is 11.5 Å². The number of nitrogens with two attached hydrogens (primary N) is 1. The van der Waals surface area contributed by atoms with Crippen LogP contribution in [-0.2, 0) is 0 Å². The minimum Gasteiger partial charge on any atom is -0.455 e. The van der Waals surface area contributed by atoms with E-state index in [0.29, 0.717) is 17.3 Å². The van der Waals surface area contributed by atoms with Crippen molar-refractivity contribution in [2.24, 2.45) is 10.8 Å². The molecule has 1 aliphatic heterocycles. The van der Waals surface area contributed by atoms with Crippen molar-refractivity contribution in [1.82, 2.24) is 5.43 Å². The molecule has 1 aliphatic rings. The highest BCUT2D eigenvalue weighted by Crippen LogP contribution is 2.36. The minimum absolute atomic E-state index is 0.101. The number of fused-ring (bicyclic) bond motifs is 1. The Bertz CT molecular complexity index is 681. The molecule has 1 aromatic carbocycles. The van der Waals surface area contributed by atoms with Crippen LogP contribution in [0.4, 0.5) is 0 Å². The monoisotopic (exact) mass is 289 g/mol. The van der Waals surface area contributed by atoms with E-state index in [4.69, 9.17) is 19.6 Å². The van der Waals surface area contributed by atoms with Gasteiger partial charge in [0.15, 0.2) is 16.6 Å². The van der Waals surface area contributed by atoms with E-state index in [9.17, 15) is 0 Å². The second-order valence-electron chi connectivity index (χ2n) is 4.00. The average molecular weight is 289 g/mol. The summed E-state index contributed by atoms with van der Waals surface area (Å²) >= 11 is 4.64. The molecule has 3 rings (SSSR count). The molecule has 0 radical (unpaired) electrons. The van der Waals surface area contributed by atoms with E-state index >= 15 is 0 Å². The topological polar surface area (TPSA) is 82.0 Å². The average Bonchev–Trinajstić information content (AvgIpc) is 3.05. The van der Waals surface area contributed by atoms with Crippen molar-refractivity contribution in [2.45, 2.75) is 0 Å². The Morgan fingerprint density at radius 1 is 1.25 bits per heavy atom. The SMILES string of the molecule is NC(=S)N/N=C/c1ccc(-c2ccc3c(c2)OCO3)o1. The zero-order valence-electron chi connectivity index (χ0n) is 10.3. The van der Waals surface area contributed by atoms with Gasteiger partial charge in [0.2, 0.25) is 6.79 Å². The van der Waals surface area contributed by atoms with Gasteiger partial charge in [-0.25, -0.2) is 0 Å². The van der Waals surface area contributed by atoms with Crippen LogP contribution < -0.4 is 20.6 Å². The molecule has 0 saturated heterocycles. The number of rotatable bonds is 3. The second kappa shape index (κ2) is 5.22. The van der Waals surface area contributed by atoms with Crippen LogP contribution in [-0.4, -0.2) is 18.1 Å². The summed E-state index contributed by atoms with van der Waals surface area (Å²) in [5.41, 5.74) is 8.61. The number of hydrogen-bond acceptors (Lipinski definition) is 5. The van der Waals surface area contributed by atoms with Gasteiger partial charge in [0, 0.05) is 5.56 Å². The number of nitrogens with one attached hydrogen (secondary N) is 1. The lowest BCUT2D eigenvalue weighted by atomic mass is 10.1. The molecule has 0 aliphatic carbocycles. The zero-order valence-corrected chi connectivity index (χ0v) is 11.1. The fraction of sp³-hybridized carbons (Fsp3) is 0.0769. The Labute approximate surface area is 120 Å². The fourth-order valence-corrected chi connectivity index (χ4v) is 1.84. The largest absolute Gasteiger partial charge is 0.455 e. The molecule has 0 fully saturated rings. The highest BCUT2D eigenvalue weighted by molar-refractivity contribution is 7.80. The van der Waals surface area contributed by atoms with Gasteiger partial charge in [-0.1, -0.05) is 0 Å². The van der Waals surface area contributed by atoms with Crippen LogP contribution in [0.3, 0.4) is 0 Å². The summed E-state index contributed by atoms with van der Waals surface area (Å²) in [5.74, 6) is 2.74. The van der Waals surface area contributed by atoms with Crippen LogP contribution in [0, 0.1) is 0 Å². The Balaban J connectivity index is 1.79. The van der Waals surface area contributed by atoms with E-state index < -0.39 is 0 Å². The molecule has 0 bridgehead atoms. The fourth-order valence-electron chi connectivity index (χ4n) is 1.79. The summed E-state index contributed by atoms with van der Waals surface area (Å²) in [7, 11) is 0. The minimum atomic E-state index is 0.101. The van der Waals surface area contributed by atoms with E-state index in [0.717, 1.165) is 11.3 Å². The predicted octanol–water partition coefficient (Wildman–Crippen LogP) is 1.84. The molecule has 3 N–H and O–H groups in total. The first kappa shape index (κ1) is 12.5. The Morgan fingerprint density at radius 2 is 2.10 bits per heavy atom. The van der Waals surface area contributed by atoms with Gasteiger partial charge in [-0.2, -0.15) is 5.10 Å². The molecule has 0 saturated carbocycles. The maximum atomic E-state index is 5.64. The van der Waals surface area contributed by atoms with E-state index in [-0.39, 0.29) is 11.9 Å². The lowest BCUT2D eigenvalue weighted by Crippen LogP contribution is -2.23. The number of furan rings is 1. The van der Waals surface area contributed by atoms with Crippen LogP contribution in [0.25, 0.3) is 11.3 Å². The Morgan fingerprint density at radius 3 is 2.95 bits per heavy atom. The Kier molecular flexibility index (Phi) is 3.26. The van der Waals surface area contributed by atoms with Crippen molar-refractivity contribution in [3.05, 3.63) is 36.1 Å². The highest BCUT2D eigenvalue weighted by atomic mass is 32.1. The van der Waals surface area contributed by atoms with E-state index in [1.54, 1.807) is 6.07 Å². The van der Waals surface area contributed by atoms with Gasteiger partial charge in [0.25, 0.3) is 0 Å². The number of benzene rings is 1. The third-order valence-corrected chi connectivity index (χ3v) is 2.74. The second-order valence-corrected chi connectivity index (χ2v) is 4.44. The first-order valence-corrected chi connectivity index (χ1v) is 6.21. The standard InChI is InChI=1S/C13H11N3O3S/c14-13(20)16-15-6-9-2-4-10(19-9)8-1-3-11-12(5-8)18-7-17-11/h1-6H,7H2,(H3,14,16,20)/b15-6+. The van der Waals surface area contributed by atoms with Gasteiger partial charge in [-0.3, -0.25) is 5.43 Å². The first-order valence-electron chi connectivity index (χ1n) is 5.81. The van der Waals surface area contributed by atoms with Crippen molar-refractivity contribution in [3.63, 3.8) is 0 Å². The van der Waals surface area contributed by atoms with Gasteiger partial charge < -0.3 is 19.6 Å². The number of nitrogens with zero attached hydrogens (tertiary/aromatic N) is 1. The van der Waals surface area contributed by atoms with Crippen LogP contribution in [0.2, 0.25) is 0 Å². The van der Waals surface area contributed by atoms with Crippen molar-refractivity contribution in [3.8, 4) is 22.8 Å². The smallest absolute Gasteiger partial charge is 0.231 e. The molecular weight excluding hydrogens is 278 g/mol. The molecular formula is C13H11N3O3S. The summed E-state index contributed by atoms with van der Waals surface area (Å²) in [5, 5.41) is 3.93. The van der Waals surface area contributed by atoms with E-state index in [1.165, 1.54) is 6.21 Å². The summed E-state index contributed by atoms with van der Waals surface area (Å²) < 4.78 is 16.2. The van der Waals surface area contributed by atoms with Gasteiger partial charge in [-0.15, -0.1) is 0 Å². The van der Waals surface area contributed by atoms with Crippen molar-refractivity contribution in [1.29, 1.82) is 0 Å². The van der Waals surface area contributed by atoms with Crippen molar-refractivity contribution in [2.75, 3.05) is 6.79 Å². The molecule has 102 valence electrons. The Hall–Kier alpha value is -2.54. The summed E-state index contributed by atoms with van der Waals surface area (Å²) in [4.78, 5) is 0. The van der Waals surface area contributed by atoms with Crippen LogP contribution >= 0.6 is 12.2 Å². The number of hydrogen-bond donors (Lipinski definition) is 2. The van der Waals surface area contributed by atoms with Crippen molar-refractivity contribution >= 4 is 23.5 Å². The summed E-state index contributed by atoms with van der Waals surface area (Å²) in [6, 6.07) is 9.27. The molecule has 0 unspecified atom stereocenters. The molecule has 2 aromatic rings. The van der Waals surface area contributed by atoms with E-state index in [2.05, 4.69) is 22.7 Å². The summed E-state index contributed by atoms with van der Waals surface area (Å²) in [6.07, 6.45) is 1.50. The molecule has 0 spiro atoms. The molecule has 20 heavy (non-hydrogen) atoms. The molecule has 1 aromatic heterocycles. The number of ether oxygens (including phenoxy) is 2. The third-order valence-electron chi connectivity index (χ3n) is 2.65. The van der Waals surface area contributed by atoms with Gasteiger partial charge in [-0.05, 0) is 42.5 Å². The van der Waals surface area contributed by atoms with Gasteiger partial charge in [0.05, 0.1) is 6.21 Å². The van der Waals surface area contributed by atoms with Gasteiger partial charge >= 0.3 is 0 Å². The van der Waals surface area contributed by atoms with Gasteiger partial charge in [0.1, 0.15) is 11.5 Å². The first-order chi connectivity index (χ1) is 9.72. The molecule has 6 nitrogen and oxygen atoms in total. The number of thiocarbonyl (C=S) groups is 1. The van der Waals surface area contributed by atoms with Crippen molar-refractivity contribution < 1.29 is 13.9 Å². The third kappa shape index (κ3) is 2.57. The lowest BCUT2D eigenvalue weighted by Gasteiger charge is -1.99. The van der Waals surface area contributed by atoms with Crippen LogP contribution in [0.15, 0.2) is 39.9 Å². The zero-order chi connectivity index (χ0) is 13.9. The number of hydrazone groups is 1.